The minimum Gasteiger partial charge on any atom is -0.481 e. The highest BCUT2D eigenvalue weighted by atomic mass is 32.2. The quantitative estimate of drug-likeness (QED) is 0.0131. The number of aliphatic hydroxyl groups is 20. The first-order valence-electron chi connectivity index (χ1n) is 50.3. The second kappa shape index (κ2) is 57.4. The van der Waals surface area contributed by atoms with Gasteiger partial charge < -0.3 is 208 Å². The summed E-state index contributed by atoms with van der Waals surface area (Å²) in [6.45, 7) is 11.5. The van der Waals surface area contributed by atoms with Crippen molar-refractivity contribution in [1.29, 1.82) is 0 Å². The molecule has 16 unspecified atom stereocenters. The summed E-state index contributed by atoms with van der Waals surface area (Å²) in [6, 6.07) is 5.91. The number of thioether (sulfide) groups is 2. The minimum atomic E-state index is -2.31. The molecule has 0 aliphatic carbocycles. The van der Waals surface area contributed by atoms with Crippen LogP contribution in [-0.2, 0) is 124 Å². The van der Waals surface area contributed by atoms with Crippen molar-refractivity contribution in [1.82, 2.24) is 4.98 Å². The number of aryl methyl sites for hydroxylation is 1. The van der Waals surface area contributed by atoms with Gasteiger partial charge in [-0.15, -0.1) is 17.9 Å². The van der Waals surface area contributed by atoms with Crippen molar-refractivity contribution in [3.8, 4) is 0 Å². The first-order chi connectivity index (χ1) is 70.8. The third-order valence-corrected chi connectivity index (χ3v) is 32.0. The number of ether oxygens (including phenoxy) is 19. The molecule has 0 amide bonds. The van der Waals surface area contributed by atoms with Gasteiger partial charge in [-0.1, -0.05) is 52.7 Å². The first kappa shape index (κ1) is 124. The Hall–Kier alpha value is -5.08. The van der Waals surface area contributed by atoms with Gasteiger partial charge >= 0.3 is 23.9 Å². The Morgan fingerprint density at radius 1 is 0.537 bits per heavy atom. The summed E-state index contributed by atoms with van der Waals surface area (Å²) in [4.78, 5) is 94.1. The molecule has 149 heavy (non-hydrogen) atoms. The topological polar surface area (TPSA) is 782 Å². The van der Waals surface area contributed by atoms with Gasteiger partial charge in [0.15, 0.2) is 44.0 Å². The molecule has 1 aromatic carbocycles. The Morgan fingerprint density at radius 3 is 1.32 bits per heavy atom. The average Bonchev–Trinajstić information content (AvgIpc) is 1.75. The van der Waals surface area contributed by atoms with Gasteiger partial charge in [-0.2, -0.15) is 23.5 Å². The molecular weight excluding hydrogens is 2050 g/mol. The molecule has 23 aliphatic heterocycles. The number of aliphatic carboxylic acids is 2. The zero-order valence-electron chi connectivity index (χ0n) is 83.8. The van der Waals surface area contributed by atoms with Crippen LogP contribution in [0.1, 0.15) is 148 Å². The predicted octanol–water partition coefficient (Wildman–Crippen LogP) is -5.05. The molecule has 50 nitrogen and oxygen atoms in total. The van der Waals surface area contributed by atoms with Crippen molar-refractivity contribution >= 4 is 86.3 Å². The van der Waals surface area contributed by atoms with Crippen LogP contribution in [0.4, 0.5) is 0 Å². The second-order valence-electron chi connectivity index (χ2n) is 40.0. The van der Waals surface area contributed by atoms with E-state index in [4.69, 9.17) is 95.7 Å². The number of esters is 2. The highest BCUT2D eigenvalue weighted by molar-refractivity contribution is 7.99. The Balaban J connectivity index is 0.000000380. The number of carboxylic acid groups (broad SMARTS) is 2. The molecule has 44 atom stereocenters. The van der Waals surface area contributed by atoms with E-state index >= 15 is 0 Å². The van der Waals surface area contributed by atoms with Crippen LogP contribution in [-0.4, -0.2) is 486 Å². The molecule has 25 rings (SSSR count). The number of carboxylic acids is 2. The number of epoxide rings is 1. The molecule has 0 radical (unpaired) electrons. The smallest absolute Gasteiger partial charge is 0.309 e. The van der Waals surface area contributed by atoms with E-state index < -0.39 is 325 Å². The number of thiazole rings is 1. The molecule has 23 aliphatic rings. The van der Waals surface area contributed by atoms with Gasteiger partial charge in [0.2, 0.25) is 0 Å². The fourth-order valence-corrected chi connectivity index (χ4v) is 22.7. The van der Waals surface area contributed by atoms with E-state index in [2.05, 4.69) is 18.5 Å². The van der Waals surface area contributed by atoms with Crippen molar-refractivity contribution in [2.45, 2.75) is 383 Å². The molecular formula is C96H150N2O48S3. The molecule has 24 N–H and O–H groups in total. The number of hydrogen-bond acceptors (Lipinski definition) is 51. The number of nitrogens with two attached hydrogens (primary N) is 1. The van der Waals surface area contributed by atoms with Gasteiger partial charge in [0, 0.05) is 55.1 Å². The lowest BCUT2D eigenvalue weighted by Crippen LogP contribution is -2.68. The molecule has 0 spiro atoms. The van der Waals surface area contributed by atoms with Crippen molar-refractivity contribution in [3.05, 3.63) is 41.4 Å². The molecule has 1 aromatic heterocycles. The summed E-state index contributed by atoms with van der Waals surface area (Å²) in [7, 11) is 0. The maximum atomic E-state index is 14.2. The summed E-state index contributed by atoms with van der Waals surface area (Å²) in [5, 5.41) is 249. The number of Topliss-reactive ketones (excluding diaryl/α,β-unsaturated/α-hetero) is 3. The zero-order chi connectivity index (χ0) is 109. The standard InChI is InChI=1S/C60H98O41S2.C36H52N2O7S/c1-3-21(52(82)83)16-102-18-29-50-36(73)43(80)59(93-29)98-48-27(14-64)89-55(39(76)32(48)69)95-45-24(11-61)88-54(38(75)31(45)68)96-46-26(13-63)92-58(42(79)35(46)72)101-51-30(19-103-17-22(53(84)85)10-23(67)5-7-87-9-8-86-6-4-20(2)66)94-60(44(81)37(51)74)99-49-28(15-65)90-56(40(77)33(49)70)97-47-25(12-62)91-57(100-50)41(78)34(47)71;1-7-12-25-33(44-31(40)14-9-8-10-18-37)22(2)13-11-17-36(6)30(45-36)20-27(24-15-16-28-26(19-24)38-23(3)46-28)43-32(41)21-29(39)35(4,5)34(25)42/h21-22,24-51,54-65,68-81H,3-19H2,1-2H3,(H,82,83)(H,84,85);7,15-16,19,22,25,27,29-30,33,39H,1,8-14,17-18,20-21,37H2,2-6H3/t21?,22?,24?,25?,26?,27?,28?,29?,30?,31-,32-,33-,34-,35-,36-,37-,38?,39?,40?,41?,42?,43?,44?,45-,46-,47-,48-,49-,50-,51-,54-,55-,56+,57+,58+,59+,60-;22-,25+,27-,29-,30-,33-,36+/m10/s1. The maximum absolute atomic E-state index is 14.2. The number of benzene rings is 1. The number of ketones is 3. The lowest BCUT2D eigenvalue weighted by Gasteiger charge is -2.50. The number of allylic oxidation sites excluding steroid dienone is 1. The van der Waals surface area contributed by atoms with Crippen LogP contribution in [0, 0.1) is 36.0 Å². The molecule has 14 bridgehead atoms. The Kier molecular flexibility index (Phi) is 47.8. The summed E-state index contributed by atoms with van der Waals surface area (Å²) in [5.41, 5.74) is 5.57. The number of rotatable bonds is 36. The number of carbonyl (C=O) groups is 7. The Labute approximate surface area is 871 Å². The number of carbonyl (C=O) groups excluding carboxylic acids is 5. The predicted molar refractivity (Wildman–Crippen MR) is 512 cm³/mol. The van der Waals surface area contributed by atoms with Crippen molar-refractivity contribution < 1.29 is 236 Å². The number of unbranched alkanes of at least 4 members (excludes halogenated alkanes) is 2. The summed E-state index contributed by atoms with van der Waals surface area (Å²) < 4.78 is 113. The first-order valence-corrected chi connectivity index (χ1v) is 53.4. The highest BCUT2D eigenvalue weighted by Gasteiger charge is 2.62. The van der Waals surface area contributed by atoms with Crippen LogP contribution in [0.2, 0.25) is 0 Å². The number of aliphatic hydroxyl groups excluding tert-OH is 20. The third kappa shape index (κ3) is 31.6. The molecule has 850 valence electrons. The maximum Gasteiger partial charge on any atom is 0.309 e. The lowest BCUT2D eigenvalue weighted by molar-refractivity contribution is -0.395. The summed E-state index contributed by atoms with van der Waals surface area (Å²) in [6.07, 6.45) is -68.5. The van der Waals surface area contributed by atoms with Gasteiger partial charge in [-0.3, -0.25) is 33.6 Å². The molecule has 0 saturated carbocycles. The van der Waals surface area contributed by atoms with E-state index in [9.17, 15) is 146 Å². The largest absolute Gasteiger partial charge is 0.481 e. The van der Waals surface area contributed by atoms with Crippen LogP contribution in [0.25, 0.3) is 10.2 Å². The van der Waals surface area contributed by atoms with Gasteiger partial charge in [-0.25, -0.2) is 4.98 Å². The Morgan fingerprint density at radius 2 is 0.933 bits per heavy atom. The zero-order valence-corrected chi connectivity index (χ0v) is 86.3. The van der Waals surface area contributed by atoms with Crippen LogP contribution in [0.3, 0.4) is 0 Å². The fourth-order valence-electron chi connectivity index (χ4n) is 19.4. The normalized spacial score (nSPS) is 40.5. The van der Waals surface area contributed by atoms with Crippen molar-refractivity contribution in [3.63, 3.8) is 0 Å². The molecule has 23 fully saturated rings. The van der Waals surface area contributed by atoms with Gasteiger partial charge in [0.25, 0.3) is 0 Å². The van der Waals surface area contributed by atoms with E-state index in [1.54, 1.807) is 38.2 Å². The minimum absolute atomic E-state index is 0.0656. The molecule has 23 saturated heterocycles. The van der Waals surface area contributed by atoms with Crippen molar-refractivity contribution in [2.75, 3.05) is 89.0 Å². The number of nitrogens with zero attached hydrogens (tertiary/aromatic N) is 1. The van der Waals surface area contributed by atoms with Crippen LogP contribution in [0.5, 0.6) is 0 Å². The van der Waals surface area contributed by atoms with E-state index in [0.29, 0.717) is 19.4 Å². The van der Waals surface area contributed by atoms with Crippen LogP contribution < -0.4 is 5.73 Å². The Bertz CT molecular complexity index is 4530. The summed E-state index contributed by atoms with van der Waals surface area (Å²) in [5.74, 6) is -8.82. The number of hydrogen-bond donors (Lipinski definition) is 23. The van der Waals surface area contributed by atoms with Gasteiger partial charge in [0.1, 0.15) is 188 Å². The van der Waals surface area contributed by atoms with Crippen molar-refractivity contribution in [2.24, 2.45) is 34.8 Å². The third-order valence-electron chi connectivity index (χ3n) is 28.6. The van der Waals surface area contributed by atoms with E-state index in [0.717, 1.165) is 76.4 Å². The molecule has 53 heteroatoms. The number of aromatic nitrogens is 1. The number of fused-ring (bicyclic) bond motifs is 2. The van der Waals surface area contributed by atoms with Gasteiger partial charge in [0.05, 0.1) is 134 Å². The number of cyclic esters (lactones) is 1. The van der Waals surface area contributed by atoms with Crippen LogP contribution in [0.15, 0.2) is 30.9 Å². The van der Waals surface area contributed by atoms with E-state index in [1.807, 2.05) is 32.0 Å². The molecule has 2 aromatic rings. The van der Waals surface area contributed by atoms with E-state index in [-0.39, 0.29) is 117 Å². The van der Waals surface area contributed by atoms with Crippen LogP contribution >= 0.6 is 34.9 Å². The lowest BCUT2D eigenvalue weighted by atomic mass is 9.71. The average molecular weight is 2200 g/mol. The SMILES string of the molecule is C=CC[C@H]1C(=O)C(C)(C)[C@@H](O)CC(=O)O[C@H](c2ccc3sc(C)nc3c2)C[C@@H]2O[C@]2(C)CCC[C@H](C)[C@@H]1OC(=O)CCCCCN.CCC(CSCC1O[C@H]2O[C@@H]3C(CO)O[C@H](O[C@@H]4C(CO)O[C@H](O[C@@H]5C(CO)O[C@@H](O[C@@H]6C(CSCC(CC(=O)CCOCCOCCC(C)=O)C(=O)O)O[C@H](O[C@@H]7C(CO)O[C@@H](O[C@@H]8C(CO)O[C@@H](O[C@H]1[C@H](O)C2O)C(O)[C@H]8O)C(O)[C@H]7O)C(O)[C@H]6O)C(O)[C@H]5O)C(O)[C@H]4O)C(O)[C@H]3O)C(=O)O. The van der Waals surface area contributed by atoms with E-state index in [1.165, 1.54) is 6.92 Å². The summed E-state index contributed by atoms with van der Waals surface area (Å²) >= 11 is 3.33. The molecule has 24 heterocycles. The van der Waals surface area contributed by atoms with Gasteiger partial charge in [-0.05, 0) is 89.5 Å². The fraction of sp³-hybridized carbons (Fsp3) is 0.833. The highest BCUT2D eigenvalue weighted by Crippen LogP contribution is 2.49. The monoisotopic (exact) mass is 2190 g/mol. The second-order valence-corrected chi connectivity index (χ2v) is 43.3.